The number of piperidine rings is 1. The molecule has 2 fully saturated rings. The van der Waals surface area contributed by atoms with E-state index in [4.69, 9.17) is 4.74 Å². The van der Waals surface area contributed by atoms with Crippen LogP contribution in [0.5, 0.6) is 0 Å². The van der Waals surface area contributed by atoms with Crippen molar-refractivity contribution in [3.63, 3.8) is 0 Å². The van der Waals surface area contributed by atoms with Gasteiger partial charge in [0.1, 0.15) is 12.6 Å². The number of amides is 2. The van der Waals surface area contributed by atoms with Gasteiger partial charge in [-0.2, -0.15) is 0 Å². The highest BCUT2D eigenvalue weighted by molar-refractivity contribution is 5.89. The number of benzene rings is 1. The molecule has 0 aliphatic carbocycles. The van der Waals surface area contributed by atoms with Crippen LogP contribution in [0.1, 0.15) is 25.3 Å². The summed E-state index contributed by atoms with van der Waals surface area (Å²) in [7, 11) is 0. The lowest BCUT2D eigenvalue weighted by Crippen LogP contribution is -2.57. The van der Waals surface area contributed by atoms with Gasteiger partial charge in [0.15, 0.2) is 0 Å². The van der Waals surface area contributed by atoms with E-state index in [-0.39, 0.29) is 25.0 Å². The minimum atomic E-state index is -0.512. The van der Waals surface area contributed by atoms with E-state index in [0.29, 0.717) is 12.5 Å². The van der Waals surface area contributed by atoms with Crippen molar-refractivity contribution in [2.45, 2.75) is 32.4 Å². The molecule has 6 heteroatoms. The largest absolute Gasteiger partial charge is 0.369 e. The number of carbonyl (C=O) groups excluding carboxylic acids is 2. The van der Waals surface area contributed by atoms with Gasteiger partial charge in [-0.1, -0.05) is 37.3 Å². The summed E-state index contributed by atoms with van der Waals surface area (Å²) in [6.07, 6.45) is 2.03. The number of likely N-dealkylation sites (tertiary alicyclic amines) is 1. The van der Waals surface area contributed by atoms with Crippen LogP contribution in [0.25, 0.3) is 0 Å². The van der Waals surface area contributed by atoms with Gasteiger partial charge in [0.25, 0.3) is 0 Å². The fraction of sp³-hybridized carbons (Fsp3) is 0.600. The molecule has 1 aromatic rings. The molecule has 2 heterocycles. The van der Waals surface area contributed by atoms with Gasteiger partial charge in [-0.3, -0.25) is 9.59 Å². The maximum atomic E-state index is 13.1. The van der Waals surface area contributed by atoms with Crippen LogP contribution in [0.15, 0.2) is 30.3 Å². The topological polar surface area (TPSA) is 61.9 Å². The molecule has 2 amide bonds. The van der Waals surface area contributed by atoms with Crippen LogP contribution in [0.3, 0.4) is 0 Å². The predicted molar refractivity (Wildman–Crippen MR) is 99.4 cm³/mol. The smallest absolute Gasteiger partial charge is 0.249 e. The maximum Gasteiger partial charge on any atom is 0.249 e. The zero-order valence-electron chi connectivity index (χ0n) is 15.5. The van der Waals surface area contributed by atoms with Crippen molar-refractivity contribution in [3.05, 3.63) is 35.9 Å². The van der Waals surface area contributed by atoms with Crippen LogP contribution < -0.4 is 5.32 Å². The fourth-order valence-electron chi connectivity index (χ4n) is 3.70. The molecule has 1 N–H and O–H groups in total. The Morgan fingerprint density at radius 3 is 2.65 bits per heavy atom. The Labute approximate surface area is 155 Å². The molecule has 2 saturated heterocycles. The molecule has 2 aliphatic rings. The number of nitrogens with one attached hydrogen (secondary N) is 1. The first kappa shape index (κ1) is 18.9. The highest BCUT2D eigenvalue weighted by Gasteiger charge is 2.37. The third-order valence-electron chi connectivity index (χ3n) is 5.29. The number of nitrogens with zero attached hydrogens (tertiary/aromatic N) is 2. The Kier molecular flexibility index (Phi) is 6.63. The number of carbonyl (C=O) groups is 2. The van der Waals surface area contributed by atoms with Gasteiger partial charge in [-0.05, 0) is 37.4 Å². The van der Waals surface area contributed by atoms with Gasteiger partial charge < -0.3 is 19.9 Å². The molecule has 0 unspecified atom stereocenters. The van der Waals surface area contributed by atoms with E-state index in [1.54, 1.807) is 4.90 Å². The molecule has 2 aliphatic heterocycles. The minimum Gasteiger partial charge on any atom is -0.369 e. The zero-order valence-corrected chi connectivity index (χ0v) is 15.5. The summed E-state index contributed by atoms with van der Waals surface area (Å²) >= 11 is 0. The van der Waals surface area contributed by atoms with E-state index in [1.807, 2.05) is 35.2 Å². The van der Waals surface area contributed by atoms with Crippen LogP contribution in [0, 0.1) is 5.92 Å². The van der Waals surface area contributed by atoms with Gasteiger partial charge in [0, 0.05) is 19.6 Å². The Morgan fingerprint density at radius 1 is 1.23 bits per heavy atom. The molecule has 3 rings (SSSR count). The summed E-state index contributed by atoms with van der Waals surface area (Å²) in [5, 5.41) is 3.39. The second kappa shape index (κ2) is 9.14. The van der Waals surface area contributed by atoms with E-state index >= 15 is 0 Å². The van der Waals surface area contributed by atoms with Crippen molar-refractivity contribution in [1.29, 1.82) is 0 Å². The molecule has 142 valence electrons. The van der Waals surface area contributed by atoms with Crippen LogP contribution in [-0.2, 0) is 20.9 Å². The van der Waals surface area contributed by atoms with Crippen LogP contribution in [-0.4, -0.2) is 67.0 Å². The lowest BCUT2D eigenvalue weighted by atomic mass is 9.96. The number of ether oxygens (including phenoxy) is 1. The summed E-state index contributed by atoms with van der Waals surface area (Å²) in [5.74, 6) is 0.542. The highest BCUT2D eigenvalue weighted by Crippen LogP contribution is 2.21. The molecular weight excluding hydrogens is 330 g/mol. The van der Waals surface area contributed by atoms with Crippen molar-refractivity contribution < 1.29 is 14.3 Å². The van der Waals surface area contributed by atoms with Crippen LogP contribution >= 0.6 is 0 Å². The van der Waals surface area contributed by atoms with Gasteiger partial charge in [-0.25, -0.2) is 0 Å². The standard InChI is InChI=1S/C20H29N3O3/c1-2-21-12-16-8-10-22(11-9-16)20(25)18-14-26-15-19(24)23(18)13-17-6-4-3-5-7-17/h3-7,16,18,21H,2,8-15H2,1H3/t18-/m1/s1. The average molecular weight is 359 g/mol. The van der Waals surface area contributed by atoms with E-state index in [9.17, 15) is 9.59 Å². The van der Waals surface area contributed by atoms with E-state index < -0.39 is 6.04 Å². The first-order valence-electron chi connectivity index (χ1n) is 9.59. The second-order valence-corrected chi connectivity index (χ2v) is 7.11. The predicted octanol–water partition coefficient (Wildman–Crippen LogP) is 1.26. The number of hydrogen-bond acceptors (Lipinski definition) is 4. The van der Waals surface area contributed by atoms with Crippen LogP contribution in [0.2, 0.25) is 0 Å². The fourth-order valence-corrected chi connectivity index (χ4v) is 3.70. The number of rotatable bonds is 6. The van der Waals surface area contributed by atoms with Crippen molar-refractivity contribution in [1.82, 2.24) is 15.1 Å². The molecule has 0 bridgehead atoms. The summed E-state index contributed by atoms with van der Waals surface area (Å²) in [4.78, 5) is 29.0. The van der Waals surface area contributed by atoms with Crippen molar-refractivity contribution in [2.24, 2.45) is 5.92 Å². The summed E-state index contributed by atoms with van der Waals surface area (Å²) in [6.45, 7) is 6.43. The summed E-state index contributed by atoms with van der Waals surface area (Å²) < 4.78 is 5.40. The van der Waals surface area contributed by atoms with Crippen LogP contribution in [0.4, 0.5) is 0 Å². The molecular formula is C20H29N3O3. The molecule has 0 aromatic heterocycles. The molecule has 0 radical (unpaired) electrons. The zero-order chi connectivity index (χ0) is 18.4. The monoisotopic (exact) mass is 359 g/mol. The molecule has 1 aromatic carbocycles. The van der Waals surface area contributed by atoms with Gasteiger partial charge in [0.2, 0.25) is 11.8 Å². The van der Waals surface area contributed by atoms with Crippen molar-refractivity contribution in [2.75, 3.05) is 39.4 Å². The van der Waals surface area contributed by atoms with Gasteiger partial charge >= 0.3 is 0 Å². The molecule has 26 heavy (non-hydrogen) atoms. The third-order valence-corrected chi connectivity index (χ3v) is 5.29. The quantitative estimate of drug-likeness (QED) is 0.831. The first-order valence-corrected chi connectivity index (χ1v) is 9.59. The number of hydrogen-bond donors (Lipinski definition) is 1. The molecule has 6 nitrogen and oxygen atoms in total. The Bertz CT molecular complexity index is 600. The van der Waals surface area contributed by atoms with Gasteiger partial charge in [0.05, 0.1) is 6.61 Å². The van der Waals surface area contributed by atoms with Crippen molar-refractivity contribution in [3.8, 4) is 0 Å². The third kappa shape index (κ3) is 4.62. The summed E-state index contributed by atoms with van der Waals surface area (Å²) in [6, 6.07) is 9.30. The Morgan fingerprint density at radius 2 is 1.96 bits per heavy atom. The van der Waals surface area contributed by atoms with E-state index in [0.717, 1.165) is 44.6 Å². The average Bonchev–Trinajstić information content (AvgIpc) is 2.68. The Balaban J connectivity index is 1.62. The minimum absolute atomic E-state index is 0.0240. The molecule has 0 saturated carbocycles. The normalized spacial score (nSPS) is 21.9. The van der Waals surface area contributed by atoms with E-state index in [2.05, 4.69) is 12.2 Å². The lowest BCUT2D eigenvalue weighted by molar-refractivity contribution is -0.160. The first-order chi connectivity index (χ1) is 12.7. The second-order valence-electron chi connectivity index (χ2n) is 7.11. The molecule has 0 spiro atoms. The van der Waals surface area contributed by atoms with Gasteiger partial charge in [-0.15, -0.1) is 0 Å². The summed E-state index contributed by atoms with van der Waals surface area (Å²) in [5.41, 5.74) is 1.03. The Hall–Kier alpha value is -1.92. The maximum absolute atomic E-state index is 13.1. The van der Waals surface area contributed by atoms with Crippen molar-refractivity contribution >= 4 is 11.8 Å². The molecule has 1 atom stereocenters. The number of morpholine rings is 1. The highest BCUT2D eigenvalue weighted by atomic mass is 16.5. The van der Waals surface area contributed by atoms with E-state index in [1.165, 1.54) is 0 Å². The SMILES string of the molecule is CCNCC1CCN(C(=O)[C@H]2COCC(=O)N2Cc2ccccc2)CC1. The lowest BCUT2D eigenvalue weighted by Gasteiger charge is -2.39.